The van der Waals surface area contributed by atoms with E-state index in [9.17, 15) is 5.11 Å². The van der Waals surface area contributed by atoms with Gasteiger partial charge in [0.2, 0.25) is 0 Å². The maximum atomic E-state index is 9.57. The van der Waals surface area contributed by atoms with Gasteiger partial charge in [-0.05, 0) is 17.2 Å². The Morgan fingerprint density at radius 1 is 0.571 bits per heavy atom. The first-order valence-electron chi connectivity index (χ1n) is 11.3. The van der Waals surface area contributed by atoms with Gasteiger partial charge in [-0.25, -0.2) is 0 Å². The highest BCUT2D eigenvalue weighted by Gasteiger charge is 2.45. The molecule has 0 unspecified atom stereocenters. The van der Waals surface area contributed by atoms with Crippen LogP contribution in [0.5, 0.6) is 5.75 Å². The molecule has 2 aromatic rings. The summed E-state index contributed by atoms with van der Waals surface area (Å²) in [6, 6.07) is 17.6. The van der Waals surface area contributed by atoms with E-state index < -0.39 is 57.5 Å². The zero-order chi connectivity index (χ0) is 26.7. The van der Waals surface area contributed by atoms with E-state index in [4.69, 9.17) is 85.1 Å². The number of hydrogen-bond donors (Lipinski definition) is 1. The number of aromatic hydroxyl groups is 1. The zero-order valence-electron chi connectivity index (χ0n) is 20.0. The first-order chi connectivity index (χ1) is 16.4. The van der Waals surface area contributed by atoms with Gasteiger partial charge >= 0.3 is 0 Å². The highest BCUT2D eigenvalue weighted by atomic mass is 16.3. The van der Waals surface area contributed by atoms with Gasteiger partial charge in [0.15, 0.2) is 0 Å². The molecular weight excluding hydrogens is 399 g/mol. The largest absolute Gasteiger partial charge is 0.508 e. The summed E-state index contributed by atoms with van der Waals surface area (Å²) in [5.74, 6) is 0.372. The van der Waals surface area contributed by atoms with Gasteiger partial charge in [-0.1, -0.05) is 48.5 Å². The fourth-order valence-corrected chi connectivity index (χ4v) is 4.30. The summed E-state index contributed by atoms with van der Waals surface area (Å²) in [5, 5.41) is 9.57. The third-order valence-corrected chi connectivity index (χ3v) is 6.01. The van der Waals surface area contributed by atoms with Crippen molar-refractivity contribution in [2.75, 3.05) is 0 Å². The molecular formula is C13H12B21O. The molecule has 35 heavy (non-hydrogen) atoms. The van der Waals surface area contributed by atoms with E-state index in [1.165, 1.54) is 12.6 Å². The number of phenols is 1. The second kappa shape index (κ2) is 16.4. The van der Waals surface area contributed by atoms with E-state index in [-0.39, 0.29) is 0 Å². The topological polar surface area (TPSA) is 20.2 Å². The van der Waals surface area contributed by atoms with Gasteiger partial charge in [0.05, 0.1) is 0 Å². The first-order valence-corrected chi connectivity index (χ1v) is 11.3. The molecule has 133 valence electrons. The van der Waals surface area contributed by atoms with Gasteiger partial charge in [0.25, 0.3) is 0 Å². The summed E-state index contributed by atoms with van der Waals surface area (Å²) in [7, 11) is 64.8. The van der Waals surface area contributed by atoms with Crippen LogP contribution in [0, 0.1) is 0 Å². The molecule has 0 bridgehead atoms. The minimum atomic E-state index is -0.879. The van der Waals surface area contributed by atoms with Gasteiger partial charge in [-0.15, -0.1) is 0 Å². The minimum absolute atomic E-state index is 0.372. The number of benzene rings is 2. The summed E-state index contributed by atoms with van der Waals surface area (Å²) in [6.45, 7) is 0. The van der Waals surface area contributed by atoms with Gasteiger partial charge in [0, 0.05) is 156 Å². The molecule has 0 spiro atoms. The Kier molecular flexibility index (Phi) is 15.3. The van der Waals surface area contributed by atoms with Crippen LogP contribution in [0.1, 0.15) is 11.1 Å². The molecule has 0 amide bonds. The molecule has 22 heteroatoms. The molecule has 0 aromatic heterocycles. The molecule has 0 aliphatic rings. The lowest BCUT2D eigenvalue weighted by molar-refractivity contribution is 0.469. The number of phenolic OH excluding ortho intramolecular Hbond substituents is 1. The van der Waals surface area contributed by atoms with Crippen molar-refractivity contribution in [3.63, 3.8) is 0 Å². The highest BCUT2D eigenvalue weighted by Crippen LogP contribution is 2.19. The molecule has 0 aliphatic carbocycles. The van der Waals surface area contributed by atoms with Crippen molar-refractivity contribution >= 4 is 150 Å². The maximum absolute atomic E-state index is 9.57. The molecule has 2 rings (SSSR count). The summed E-state index contributed by atoms with van der Waals surface area (Å²) >= 11 is 0. The van der Waals surface area contributed by atoms with Crippen LogP contribution in [0.25, 0.3) is 0 Å². The summed E-state index contributed by atoms with van der Waals surface area (Å²) in [5.41, 5.74) is 2.19. The molecule has 1 nitrogen and oxygen atoms in total. The normalized spacial score (nSPS) is 9.49. The lowest BCUT2D eigenvalue weighted by Gasteiger charge is -2.43. The Hall–Kier alpha value is -0.396. The van der Waals surface area contributed by atoms with E-state index >= 15 is 0 Å². The maximum Gasteiger partial charge on any atom is 0.119 e. The standard InChI is InChI=1S/C13H12O.B21/c14-13-9-5-4-8-12(13)10-11-6-2-1-3-7-11;1-12-18(13(2)3)21(19(14(4)5)15(6)7)20(16(8)9)17(10)11/h1-9,14H,10H2;. The Labute approximate surface area is 231 Å². The third kappa shape index (κ3) is 10.5. The van der Waals surface area contributed by atoms with E-state index in [0.29, 0.717) is 5.75 Å². The molecule has 23 radical (unpaired) electrons. The van der Waals surface area contributed by atoms with Gasteiger partial charge < -0.3 is 5.11 Å². The Morgan fingerprint density at radius 2 is 1.00 bits per heavy atom. The molecule has 2 aromatic carbocycles. The predicted molar refractivity (Wildman–Crippen MR) is 178 cm³/mol. The van der Waals surface area contributed by atoms with E-state index in [0.717, 1.165) is 12.0 Å². The van der Waals surface area contributed by atoms with Crippen LogP contribution < -0.4 is 0 Å². The van der Waals surface area contributed by atoms with Gasteiger partial charge in [-0.2, -0.15) is 0 Å². The molecule has 0 heterocycles. The average molecular weight is 411 g/mol. The van der Waals surface area contributed by atoms with E-state index in [2.05, 4.69) is 12.1 Å². The number of para-hydroxylation sites is 1. The second-order valence-corrected chi connectivity index (χ2v) is 8.68. The molecule has 0 saturated carbocycles. The van der Waals surface area contributed by atoms with Crippen molar-refractivity contribution in [2.24, 2.45) is 0 Å². The summed E-state index contributed by atoms with van der Waals surface area (Å²) in [6.07, 6.45) is -5.99. The van der Waals surface area contributed by atoms with Gasteiger partial charge in [-0.3, -0.25) is 0 Å². The summed E-state index contributed by atoms with van der Waals surface area (Å²) < 4.78 is 0. The van der Waals surface area contributed by atoms with Crippen molar-refractivity contribution in [2.45, 2.75) is 6.42 Å². The van der Waals surface area contributed by atoms with Crippen molar-refractivity contribution < 1.29 is 5.11 Å². The lowest BCUT2D eigenvalue weighted by Crippen LogP contribution is -2.81. The van der Waals surface area contributed by atoms with Crippen LogP contribution in [-0.2, 0) is 6.42 Å². The van der Waals surface area contributed by atoms with Crippen LogP contribution in [0.2, 0.25) is 0 Å². The Morgan fingerprint density at radius 3 is 1.37 bits per heavy atom. The average Bonchev–Trinajstić information content (AvgIpc) is 2.76. The Balaban J connectivity index is 0.000000375. The van der Waals surface area contributed by atoms with Crippen molar-refractivity contribution in [3.05, 3.63) is 65.7 Å². The highest BCUT2D eigenvalue weighted by molar-refractivity contribution is 8.20. The quantitative estimate of drug-likeness (QED) is 0.368. The van der Waals surface area contributed by atoms with E-state index in [1.807, 2.05) is 36.4 Å². The van der Waals surface area contributed by atoms with Crippen LogP contribution in [-0.4, -0.2) is 155 Å². The third-order valence-electron chi connectivity index (χ3n) is 6.01. The zero-order valence-corrected chi connectivity index (χ0v) is 20.0. The summed E-state index contributed by atoms with van der Waals surface area (Å²) in [4.78, 5) is 0. The fraction of sp³-hybridized carbons (Fsp3) is 0.0769. The van der Waals surface area contributed by atoms with Crippen LogP contribution in [0.4, 0.5) is 0 Å². The smallest absolute Gasteiger partial charge is 0.119 e. The number of hydrogen-bond acceptors (Lipinski definition) is 1. The predicted octanol–water partition coefficient (Wildman–Crippen LogP) is -5.01. The first kappa shape index (κ1) is 32.6. The number of rotatable bonds is 11. The molecule has 0 fully saturated rings. The fourth-order valence-electron chi connectivity index (χ4n) is 4.30. The van der Waals surface area contributed by atoms with Crippen LogP contribution >= 0.6 is 0 Å². The second-order valence-electron chi connectivity index (χ2n) is 8.68. The SMILES string of the molecule is Oc1ccccc1Cc1ccccc1.[B][B]B(B([B])[B])B(B(B([B])[B])B([B])[B])B(B([B])[B])B([B])[B]. The monoisotopic (exact) mass is 415 g/mol. The minimum Gasteiger partial charge on any atom is -0.508 e. The van der Waals surface area contributed by atoms with Crippen molar-refractivity contribution in [1.29, 1.82) is 0 Å². The molecule has 0 aliphatic heterocycles. The molecule has 0 atom stereocenters. The molecule has 0 saturated heterocycles. The molecule has 1 N–H and O–H groups in total. The van der Waals surface area contributed by atoms with Crippen molar-refractivity contribution in [1.82, 2.24) is 0 Å². The Bertz CT molecular complexity index is 799. The van der Waals surface area contributed by atoms with Crippen LogP contribution in [0.15, 0.2) is 54.6 Å². The lowest BCUT2D eigenvalue weighted by atomic mass is 8.38. The van der Waals surface area contributed by atoms with Crippen LogP contribution in [0.3, 0.4) is 0 Å². The van der Waals surface area contributed by atoms with E-state index in [1.54, 1.807) is 6.07 Å². The van der Waals surface area contributed by atoms with Gasteiger partial charge in [0.1, 0.15) is 5.75 Å². The van der Waals surface area contributed by atoms with Crippen molar-refractivity contribution in [3.8, 4) is 5.75 Å².